The van der Waals surface area contributed by atoms with Gasteiger partial charge in [0.2, 0.25) is 0 Å². The minimum atomic E-state index is -0.355. The monoisotopic (exact) mass is 402 g/mol. The number of thiocarbonyl (C=S) groups is 1. The number of nitrogens with zero attached hydrogens (tertiary/aromatic N) is 2. The normalized spacial score (nSPS) is 10.7. The zero-order valence-corrected chi connectivity index (χ0v) is 16.9. The van der Waals surface area contributed by atoms with E-state index in [9.17, 15) is 4.39 Å². The van der Waals surface area contributed by atoms with Gasteiger partial charge in [-0.25, -0.2) is 4.39 Å². The Kier molecular flexibility index (Phi) is 5.77. The van der Waals surface area contributed by atoms with Crippen molar-refractivity contribution in [2.24, 2.45) is 0 Å². The van der Waals surface area contributed by atoms with Crippen molar-refractivity contribution in [3.05, 3.63) is 75.7 Å². The Labute approximate surface area is 168 Å². The van der Waals surface area contributed by atoms with Gasteiger partial charge in [0, 0.05) is 22.5 Å². The molecule has 140 valence electrons. The van der Waals surface area contributed by atoms with Gasteiger partial charge in [0.05, 0.1) is 6.54 Å². The van der Waals surface area contributed by atoms with Crippen LogP contribution in [-0.2, 0) is 6.54 Å². The van der Waals surface area contributed by atoms with Gasteiger partial charge in [-0.05, 0) is 67.9 Å². The van der Waals surface area contributed by atoms with Gasteiger partial charge in [0.15, 0.2) is 10.9 Å². The fourth-order valence-corrected chi connectivity index (χ4v) is 3.14. The largest absolute Gasteiger partial charge is 0.332 e. The van der Waals surface area contributed by atoms with Crippen molar-refractivity contribution in [2.45, 2.75) is 27.3 Å². The highest BCUT2D eigenvalue weighted by Gasteiger charge is 2.10. The summed E-state index contributed by atoms with van der Waals surface area (Å²) in [5.74, 6) is 0.277. The molecule has 27 heavy (non-hydrogen) atoms. The molecule has 0 saturated heterocycles. The zero-order chi connectivity index (χ0) is 19.6. The number of aromatic nitrogens is 2. The molecule has 3 aromatic rings. The van der Waals surface area contributed by atoms with Gasteiger partial charge in [-0.2, -0.15) is 5.10 Å². The van der Waals surface area contributed by atoms with Crippen molar-refractivity contribution in [1.29, 1.82) is 0 Å². The zero-order valence-electron chi connectivity index (χ0n) is 15.3. The summed E-state index contributed by atoms with van der Waals surface area (Å²) in [6.07, 6.45) is 0. The van der Waals surface area contributed by atoms with Crippen molar-refractivity contribution in [2.75, 3.05) is 10.6 Å². The number of halogens is 2. The van der Waals surface area contributed by atoms with Gasteiger partial charge >= 0.3 is 0 Å². The summed E-state index contributed by atoms with van der Waals surface area (Å²) in [5.41, 5.74) is 5.04. The van der Waals surface area contributed by atoms with Gasteiger partial charge in [-0.3, -0.25) is 4.68 Å². The Morgan fingerprint density at radius 3 is 2.67 bits per heavy atom. The first-order valence-electron chi connectivity index (χ1n) is 8.46. The maximum atomic E-state index is 13.2. The molecule has 2 aromatic carbocycles. The lowest BCUT2D eigenvalue weighted by molar-refractivity contribution is 0.623. The van der Waals surface area contributed by atoms with Crippen LogP contribution in [0.5, 0.6) is 0 Å². The van der Waals surface area contributed by atoms with Crippen LogP contribution in [0.3, 0.4) is 0 Å². The first-order valence-corrected chi connectivity index (χ1v) is 9.24. The molecule has 0 bridgehead atoms. The first kappa shape index (κ1) is 19.3. The molecular formula is C20H20ClFN4S. The number of aryl methyl sites for hydroxylation is 2. The minimum absolute atomic E-state index is 0.355. The topological polar surface area (TPSA) is 41.9 Å². The molecule has 0 aliphatic heterocycles. The third-order valence-electron chi connectivity index (χ3n) is 4.41. The van der Waals surface area contributed by atoms with Crippen molar-refractivity contribution in [1.82, 2.24) is 9.78 Å². The molecule has 0 unspecified atom stereocenters. The summed E-state index contributed by atoms with van der Waals surface area (Å²) in [7, 11) is 0. The molecule has 0 spiro atoms. The van der Waals surface area contributed by atoms with Gasteiger partial charge in [-0.15, -0.1) is 0 Å². The maximum absolute atomic E-state index is 13.2. The van der Waals surface area contributed by atoms with E-state index in [1.54, 1.807) is 10.7 Å². The van der Waals surface area contributed by atoms with E-state index < -0.39 is 0 Å². The van der Waals surface area contributed by atoms with Gasteiger partial charge in [0.1, 0.15) is 5.82 Å². The summed E-state index contributed by atoms with van der Waals surface area (Å²) >= 11 is 11.5. The summed E-state index contributed by atoms with van der Waals surface area (Å²) in [6.45, 7) is 6.49. The van der Waals surface area contributed by atoms with Crippen LogP contribution in [0.1, 0.15) is 22.4 Å². The smallest absolute Gasteiger partial charge is 0.176 e. The van der Waals surface area contributed by atoms with Crippen LogP contribution >= 0.6 is 23.8 Å². The van der Waals surface area contributed by atoms with Crippen molar-refractivity contribution >= 4 is 40.4 Å². The van der Waals surface area contributed by atoms with E-state index in [2.05, 4.69) is 28.7 Å². The summed E-state index contributed by atoms with van der Waals surface area (Å²) in [5, 5.41) is 11.7. The van der Waals surface area contributed by atoms with Crippen LogP contribution in [-0.4, -0.2) is 14.9 Å². The molecular weight excluding hydrogens is 383 g/mol. The van der Waals surface area contributed by atoms with E-state index in [1.165, 1.54) is 17.7 Å². The van der Waals surface area contributed by atoms with E-state index in [1.807, 2.05) is 32.0 Å². The second kappa shape index (κ2) is 8.06. The lowest BCUT2D eigenvalue weighted by Crippen LogP contribution is -2.20. The summed E-state index contributed by atoms with van der Waals surface area (Å²) in [4.78, 5) is 0. The highest BCUT2D eigenvalue weighted by molar-refractivity contribution is 7.80. The molecule has 0 atom stereocenters. The molecule has 1 aromatic heterocycles. The number of nitrogens with one attached hydrogen (secondary N) is 2. The molecule has 0 radical (unpaired) electrons. The second-order valence-corrected chi connectivity index (χ2v) is 7.21. The van der Waals surface area contributed by atoms with E-state index in [-0.39, 0.29) is 5.82 Å². The van der Waals surface area contributed by atoms with Crippen LogP contribution in [0.2, 0.25) is 5.02 Å². The van der Waals surface area contributed by atoms with Crippen molar-refractivity contribution in [3.8, 4) is 0 Å². The van der Waals surface area contributed by atoms with Gasteiger partial charge < -0.3 is 10.6 Å². The average molecular weight is 403 g/mol. The molecule has 3 rings (SSSR count). The van der Waals surface area contributed by atoms with Crippen LogP contribution in [0.4, 0.5) is 15.9 Å². The molecule has 4 nitrogen and oxygen atoms in total. The molecule has 0 aliphatic carbocycles. The van der Waals surface area contributed by atoms with Crippen LogP contribution < -0.4 is 10.6 Å². The molecule has 0 fully saturated rings. The second-order valence-electron chi connectivity index (χ2n) is 6.39. The lowest BCUT2D eigenvalue weighted by Gasteiger charge is -2.12. The van der Waals surface area contributed by atoms with Crippen molar-refractivity contribution in [3.63, 3.8) is 0 Å². The Balaban J connectivity index is 1.70. The predicted octanol–water partition coefficient (Wildman–Crippen LogP) is 5.46. The summed E-state index contributed by atoms with van der Waals surface area (Å²) < 4.78 is 15.0. The number of benzene rings is 2. The fraction of sp³-hybridized carbons (Fsp3) is 0.200. The fourth-order valence-electron chi connectivity index (χ4n) is 2.70. The number of hydrogen-bond donors (Lipinski definition) is 2. The Bertz CT molecular complexity index is 1000. The first-order chi connectivity index (χ1) is 12.8. The van der Waals surface area contributed by atoms with E-state index >= 15 is 0 Å². The molecule has 0 aliphatic rings. The van der Waals surface area contributed by atoms with E-state index in [0.29, 0.717) is 22.5 Å². The molecule has 7 heteroatoms. The number of hydrogen-bond acceptors (Lipinski definition) is 2. The SMILES string of the molecule is Cc1cccc(NC(=S)Nc2cc(C)n(Cc3ccc(F)cc3Cl)n2)c1C. The van der Waals surface area contributed by atoms with Crippen LogP contribution in [0.15, 0.2) is 42.5 Å². The van der Waals surface area contributed by atoms with Crippen LogP contribution in [0, 0.1) is 26.6 Å². The standard InChI is InChI=1S/C20H20ClFN4S/c1-12-5-4-6-18(14(12)3)23-20(27)24-19-9-13(2)26(25-19)11-15-7-8-16(22)10-17(15)21/h4-10H,11H2,1-3H3,(H2,23,24,25,27). The average Bonchev–Trinajstić information content (AvgIpc) is 2.93. The maximum Gasteiger partial charge on any atom is 0.176 e. The molecule has 2 N–H and O–H groups in total. The predicted molar refractivity (Wildman–Crippen MR) is 113 cm³/mol. The Morgan fingerprint density at radius 1 is 1.15 bits per heavy atom. The quantitative estimate of drug-likeness (QED) is 0.569. The van der Waals surface area contributed by atoms with Crippen molar-refractivity contribution < 1.29 is 4.39 Å². The molecule has 1 heterocycles. The van der Waals surface area contributed by atoms with Crippen LogP contribution in [0.25, 0.3) is 0 Å². The minimum Gasteiger partial charge on any atom is -0.332 e. The highest BCUT2D eigenvalue weighted by Crippen LogP contribution is 2.21. The Morgan fingerprint density at radius 2 is 1.93 bits per heavy atom. The van der Waals surface area contributed by atoms with E-state index in [0.717, 1.165) is 22.5 Å². The number of anilines is 2. The van der Waals surface area contributed by atoms with Gasteiger partial charge in [0.25, 0.3) is 0 Å². The molecule has 0 saturated carbocycles. The third-order valence-corrected chi connectivity index (χ3v) is 4.97. The summed E-state index contributed by atoms with van der Waals surface area (Å²) in [6, 6.07) is 12.3. The Hall–Kier alpha value is -2.44. The lowest BCUT2D eigenvalue weighted by atomic mass is 10.1. The number of rotatable bonds is 4. The van der Waals surface area contributed by atoms with E-state index in [4.69, 9.17) is 23.8 Å². The van der Waals surface area contributed by atoms with Gasteiger partial charge in [-0.1, -0.05) is 29.8 Å². The third kappa shape index (κ3) is 4.64. The highest BCUT2D eigenvalue weighted by atomic mass is 35.5. The molecule has 0 amide bonds.